The number of hydrogen-bond donors (Lipinski definition) is 2. The maximum absolute atomic E-state index is 6.27. The summed E-state index contributed by atoms with van der Waals surface area (Å²) in [5.74, 6) is 0.851. The van der Waals surface area contributed by atoms with Gasteiger partial charge in [-0.3, -0.25) is 0 Å². The monoisotopic (exact) mass is 406 g/mol. The first-order chi connectivity index (χ1) is 11.6. The quantitative estimate of drug-likeness (QED) is 0.527. The number of halogens is 2. The van der Waals surface area contributed by atoms with Gasteiger partial charge in [0.15, 0.2) is 0 Å². The largest absolute Gasteiger partial charge is 0.497 e. The van der Waals surface area contributed by atoms with Crippen molar-refractivity contribution in [1.29, 1.82) is 0 Å². The number of aromatic nitrogens is 1. The van der Waals surface area contributed by atoms with Crippen LogP contribution >= 0.6 is 27.5 Å². The van der Waals surface area contributed by atoms with Gasteiger partial charge in [0.1, 0.15) is 5.75 Å². The van der Waals surface area contributed by atoms with Crippen LogP contribution in [0.3, 0.4) is 0 Å². The lowest BCUT2D eigenvalue weighted by Gasteiger charge is -2.06. The van der Waals surface area contributed by atoms with Crippen LogP contribution in [0.5, 0.6) is 5.75 Å². The highest BCUT2D eigenvalue weighted by molar-refractivity contribution is 9.10. The molecule has 0 atom stereocenters. The molecule has 2 aromatic carbocycles. The van der Waals surface area contributed by atoms with Crippen molar-refractivity contribution in [2.45, 2.75) is 19.3 Å². The fourth-order valence-corrected chi connectivity index (χ4v) is 3.89. The lowest BCUT2D eigenvalue weighted by atomic mass is 10.0. The van der Waals surface area contributed by atoms with Crippen LogP contribution in [0.2, 0.25) is 5.02 Å². The van der Waals surface area contributed by atoms with Gasteiger partial charge in [-0.05, 0) is 89.3 Å². The molecule has 126 valence electrons. The van der Waals surface area contributed by atoms with E-state index in [-0.39, 0.29) is 0 Å². The minimum atomic E-state index is 0.713. The number of aromatic amines is 1. The molecule has 3 N–H and O–H groups in total. The van der Waals surface area contributed by atoms with Crippen LogP contribution in [-0.4, -0.2) is 18.6 Å². The molecule has 3 nitrogen and oxygen atoms in total. The van der Waals surface area contributed by atoms with Gasteiger partial charge in [0.2, 0.25) is 0 Å². The van der Waals surface area contributed by atoms with Crippen LogP contribution in [0.1, 0.15) is 18.4 Å². The summed E-state index contributed by atoms with van der Waals surface area (Å²) < 4.78 is 6.24. The molecule has 3 aromatic rings. The lowest BCUT2D eigenvalue weighted by molar-refractivity contribution is 0.415. The Labute approximate surface area is 155 Å². The molecule has 0 unspecified atom stereocenters. The number of aryl methyl sites for hydroxylation is 1. The molecule has 3 rings (SSSR count). The summed E-state index contributed by atoms with van der Waals surface area (Å²) in [5, 5.41) is 1.90. The summed E-state index contributed by atoms with van der Waals surface area (Å²) in [6.45, 7) is 0.713. The number of rotatable bonds is 6. The van der Waals surface area contributed by atoms with Gasteiger partial charge in [-0.25, -0.2) is 0 Å². The molecule has 0 amide bonds. The second kappa shape index (κ2) is 7.60. The third kappa shape index (κ3) is 3.46. The molecule has 0 aliphatic carbocycles. The standard InChI is InChI=1S/C19H20BrClN2O/c1-24-14-7-5-12(6-8-14)18-15(4-2-3-9-22)16-10-13(21)11-17(20)19(16)23-18/h5-8,10-11,23H,2-4,9,22H2,1H3. The number of nitrogens with two attached hydrogens (primary N) is 1. The molecule has 24 heavy (non-hydrogen) atoms. The second-order valence-electron chi connectivity index (χ2n) is 5.76. The SMILES string of the molecule is COc1ccc(-c2[nH]c3c(Br)cc(Cl)cc3c2CCCCN)cc1. The van der Waals surface area contributed by atoms with Gasteiger partial charge < -0.3 is 15.5 Å². The molecule has 0 fully saturated rings. The van der Waals surface area contributed by atoms with E-state index in [2.05, 4.69) is 33.0 Å². The molecule has 0 bridgehead atoms. The van der Waals surface area contributed by atoms with Crippen LogP contribution in [-0.2, 0) is 6.42 Å². The summed E-state index contributed by atoms with van der Waals surface area (Å²) in [7, 11) is 1.68. The molecule has 0 aliphatic rings. The number of fused-ring (bicyclic) bond motifs is 1. The Morgan fingerprint density at radius 1 is 1.17 bits per heavy atom. The Kier molecular flexibility index (Phi) is 5.49. The van der Waals surface area contributed by atoms with Crippen LogP contribution in [0, 0.1) is 0 Å². The number of nitrogens with one attached hydrogen (secondary N) is 1. The first kappa shape index (κ1) is 17.3. The molecular formula is C19H20BrClN2O. The Morgan fingerprint density at radius 2 is 1.92 bits per heavy atom. The van der Waals surface area contributed by atoms with Gasteiger partial charge in [-0.1, -0.05) is 11.6 Å². The Bertz CT molecular complexity index is 843. The van der Waals surface area contributed by atoms with Gasteiger partial charge >= 0.3 is 0 Å². The van der Waals surface area contributed by atoms with Crippen LogP contribution in [0.25, 0.3) is 22.2 Å². The zero-order valence-corrected chi connectivity index (χ0v) is 15.9. The normalized spacial score (nSPS) is 11.2. The summed E-state index contributed by atoms with van der Waals surface area (Å²) in [6.07, 6.45) is 3.03. The Morgan fingerprint density at radius 3 is 2.58 bits per heavy atom. The van der Waals surface area contributed by atoms with Crippen LogP contribution in [0.4, 0.5) is 0 Å². The van der Waals surface area contributed by atoms with Gasteiger partial charge in [0.05, 0.1) is 12.6 Å². The van der Waals surface area contributed by atoms with Crippen molar-refractivity contribution in [3.8, 4) is 17.0 Å². The van der Waals surface area contributed by atoms with E-state index in [0.717, 1.165) is 56.7 Å². The molecule has 0 saturated heterocycles. The predicted molar refractivity (Wildman–Crippen MR) is 105 cm³/mol. The number of H-pyrrole nitrogens is 1. The summed E-state index contributed by atoms with van der Waals surface area (Å²) in [6, 6.07) is 12.1. The average Bonchev–Trinajstić information content (AvgIpc) is 2.94. The van der Waals surface area contributed by atoms with E-state index < -0.39 is 0 Å². The van der Waals surface area contributed by atoms with E-state index >= 15 is 0 Å². The molecule has 0 saturated carbocycles. The number of hydrogen-bond acceptors (Lipinski definition) is 2. The van der Waals surface area contributed by atoms with Crippen molar-refractivity contribution >= 4 is 38.4 Å². The number of methoxy groups -OCH3 is 1. The van der Waals surface area contributed by atoms with Crippen molar-refractivity contribution < 1.29 is 4.74 Å². The fourth-order valence-electron chi connectivity index (χ4n) is 2.98. The predicted octanol–water partition coefficient (Wildman–Crippen LogP) is 5.54. The van der Waals surface area contributed by atoms with Crippen molar-refractivity contribution in [1.82, 2.24) is 4.98 Å². The maximum atomic E-state index is 6.27. The smallest absolute Gasteiger partial charge is 0.118 e. The van der Waals surface area contributed by atoms with Crippen LogP contribution < -0.4 is 10.5 Å². The molecular weight excluding hydrogens is 388 g/mol. The van der Waals surface area contributed by atoms with E-state index in [1.807, 2.05) is 24.3 Å². The fraction of sp³-hybridized carbons (Fsp3) is 0.263. The highest BCUT2D eigenvalue weighted by Gasteiger charge is 2.15. The van der Waals surface area contributed by atoms with Crippen molar-refractivity contribution in [2.75, 3.05) is 13.7 Å². The highest BCUT2D eigenvalue weighted by atomic mass is 79.9. The van der Waals surface area contributed by atoms with Gasteiger partial charge in [-0.2, -0.15) is 0 Å². The Hall–Kier alpha value is -1.49. The zero-order chi connectivity index (χ0) is 17.1. The molecule has 1 aromatic heterocycles. The van der Waals surface area contributed by atoms with Crippen molar-refractivity contribution in [3.63, 3.8) is 0 Å². The molecule has 0 radical (unpaired) electrons. The summed E-state index contributed by atoms with van der Waals surface area (Å²) >= 11 is 9.89. The number of benzene rings is 2. The maximum Gasteiger partial charge on any atom is 0.118 e. The van der Waals surface area contributed by atoms with Crippen LogP contribution in [0.15, 0.2) is 40.9 Å². The van der Waals surface area contributed by atoms with E-state index in [1.165, 1.54) is 5.56 Å². The first-order valence-electron chi connectivity index (χ1n) is 7.98. The molecule has 0 aliphatic heterocycles. The second-order valence-corrected chi connectivity index (χ2v) is 7.05. The van der Waals surface area contributed by atoms with E-state index in [0.29, 0.717) is 6.54 Å². The highest BCUT2D eigenvalue weighted by Crippen LogP contribution is 2.37. The third-order valence-electron chi connectivity index (χ3n) is 4.19. The van der Waals surface area contributed by atoms with Gasteiger partial charge in [-0.15, -0.1) is 0 Å². The number of unbranched alkanes of at least 4 members (excludes halogenated alkanes) is 1. The first-order valence-corrected chi connectivity index (χ1v) is 9.15. The van der Waals surface area contributed by atoms with E-state index in [9.17, 15) is 0 Å². The topological polar surface area (TPSA) is 51.0 Å². The molecule has 0 spiro atoms. The summed E-state index contributed by atoms with van der Waals surface area (Å²) in [5.41, 5.74) is 10.3. The van der Waals surface area contributed by atoms with Gasteiger partial charge in [0, 0.05) is 20.6 Å². The zero-order valence-electron chi connectivity index (χ0n) is 13.5. The van der Waals surface area contributed by atoms with Crippen molar-refractivity contribution in [3.05, 3.63) is 51.5 Å². The van der Waals surface area contributed by atoms with Gasteiger partial charge in [0.25, 0.3) is 0 Å². The van der Waals surface area contributed by atoms with Crippen molar-refractivity contribution in [2.24, 2.45) is 5.73 Å². The molecule has 5 heteroatoms. The third-order valence-corrected chi connectivity index (χ3v) is 5.04. The van der Waals surface area contributed by atoms with E-state index in [4.69, 9.17) is 22.1 Å². The minimum absolute atomic E-state index is 0.713. The average molecular weight is 408 g/mol. The number of ether oxygens (including phenoxy) is 1. The van der Waals surface area contributed by atoms with E-state index in [1.54, 1.807) is 7.11 Å². The Balaban J connectivity index is 2.13. The lowest BCUT2D eigenvalue weighted by Crippen LogP contribution is -1.99. The minimum Gasteiger partial charge on any atom is -0.497 e. The summed E-state index contributed by atoms with van der Waals surface area (Å²) in [4.78, 5) is 3.56. The molecule has 1 heterocycles.